The molecule has 0 aliphatic rings. The number of hydrogen-bond acceptors (Lipinski definition) is 5. The fourth-order valence-electron chi connectivity index (χ4n) is 4.33. The number of nitrogens with zero attached hydrogens (tertiary/aromatic N) is 4. The molecular formula is C33H23N4OPt-. The molecule has 0 unspecified atom stereocenters. The zero-order valence-corrected chi connectivity index (χ0v) is 23.0. The van der Waals surface area contributed by atoms with Crippen LogP contribution < -0.4 is 4.90 Å². The van der Waals surface area contributed by atoms with Crippen molar-refractivity contribution in [2.75, 3.05) is 4.90 Å². The summed E-state index contributed by atoms with van der Waals surface area (Å²) in [5.74, 6) is 1.46. The molecule has 1 N–H and O–H groups in total. The van der Waals surface area contributed by atoms with Crippen LogP contribution in [-0.2, 0) is 21.1 Å². The molecular weight excluding hydrogens is 663 g/mol. The molecule has 4 aromatic carbocycles. The van der Waals surface area contributed by atoms with Gasteiger partial charge in [-0.05, 0) is 53.7 Å². The molecule has 6 heteroatoms. The summed E-state index contributed by atoms with van der Waals surface area (Å²) in [7, 11) is 0. The van der Waals surface area contributed by atoms with Gasteiger partial charge in [-0.2, -0.15) is 0 Å². The average Bonchev–Trinajstić information content (AvgIpc) is 2.99. The van der Waals surface area contributed by atoms with Crippen molar-refractivity contribution in [3.8, 4) is 39.7 Å². The molecule has 0 fully saturated rings. The molecule has 6 aromatic rings. The summed E-state index contributed by atoms with van der Waals surface area (Å²) in [6.07, 6.45) is 1.78. The molecule has 39 heavy (non-hydrogen) atoms. The number of benzene rings is 4. The van der Waals surface area contributed by atoms with Crippen molar-refractivity contribution in [3.63, 3.8) is 0 Å². The van der Waals surface area contributed by atoms with Crippen molar-refractivity contribution in [1.82, 2.24) is 15.0 Å². The predicted molar refractivity (Wildman–Crippen MR) is 151 cm³/mol. The van der Waals surface area contributed by atoms with Gasteiger partial charge in [0.15, 0.2) is 0 Å². The molecule has 192 valence electrons. The van der Waals surface area contributed by atoms with Crippen molar-refractivity contribution < 1.29 is 26.2 Å². The molecule has 0 amide bonds. The van der Waals surface area contributed by atoms with Gasteiger partial charge in [0.05, 0.1) is 17.2 Å². The summed E-state index contributed by atoms with van der Waals surface area (Å²) in [6.45, 7) is 0. The predicted octanol–water partition coefficient (Wildman–Crippen LogP) is 7.85. The second-order valence-electron chi connectivity index (χ2n) is 8.65. The van der Waals surface area contributed by atoms with Gasteiger partial charge in [0.2, 0.25) is 0 Å². The van der Waals surface area contributed by atoms with E-state index >= 15 is 0 Å². The third-order valence-corrected chi connectivity index (χ3v) is 6.13. The minimum absolute atomic E-state index is 0. The Balaban J connectivity index is 0.00000308. The Hall–Kier alpha value is -4.60. The monoisotopic (exact) mass is 686 g/mol. The largest absolute Gasteiger partial charge is 0.507 e. The first-order valence-electron chi connectivity index (χ1n) is 12.3. The van der Waals surface area contributed by atoms with Gasteiger partial charge in [-0.15, -0.1) is 29.8 Å². The first-order chi connectivity index (χ1) is 18.8. The van der Waals surface area contributed by atoms with Gasteiger partial charge in [0.1, 0.15) is 11.6 Å². The van der Waals surface area contributed by atoms with E-state index in [1.165, 1.54) is 0 Å². The van der Waals surface area contributed by atoms with E-state index in [1.807, 2.05) is 115 Å². The van der Waals surface area contributed by atoms with Gasteiger partial charge < -0.3 is 10.0 Å². The van der Waals surface area contributed by atoms with Crippen LogP contribution in [0.3, 0.4) is 0 Å². The van der Waals surface area contributed by atoms with E-state index in [1.54, 1.807) is 18.3 Å². The Morgan fingerprint density at radius 1 is 0.641 bits per heavy atom. The van der Waals surface area contributed by atoms with Gasteiger partial charge in [0.25, 0.3) is 0 Å². The topological polar surface area (TPSA) is 62.1 Å². The number of aromatic nitrogens is 3. The average molecular weight is 687 g/mol. The smallest absolute Gasteiger partial charge is 0.136 e. The van der Waals surface area contributed by atoms with Gasteiger partial charge in [-0.25, -0.2) is 4.98 Å². The maximum absolute atomic E-state index is 10.6. The van der Waals surface area contributed by atoms with Crippen molar-refractivity contribution in [3.05, 3.63) is 140 Å². The summed E-state index contributed by atoms with van der Waals surface area (Å²) < 4.78 is 0. The summed E-state index contributed by atoms with van der Waals surface area (Å²) in [4.78, 5) is 16.4. The molecule has 2 aromatic heterocycles. The zero-order valence-electron chi connectivity index (χ0n) is 20.8. The van der Waals surface area contributed by atoms with E-state index in [9.17, 15) is 5.11 Å². The van der Waals surface area contributed by atoms with Crippen LogP contribution in [0.1, 0.15) is 0 Å². The molecule has 0 saturated carbocycles. The molecule has 0 radical (unpaired) electrons. The Bertz CT molecular complexity index is 1640. The summed E-state index contributed by atoms with van der Waals surface area (Å²) in [5.41, 5.74) is 5.51. The minimum Gasteiger partial charge on any atom is -0.507 e. The standard InChI is InChI=1S/C33H23N4O.Pt/c38-31-19-8-7-18-28(31)30-23-29(24-12-3-1-4-13-24)35-33(36-30)25-14-11-17-27(22-25)37(26-15-5-2-6-16-26)32-20-9-10-21-34-32;/h1-21,23,38H;/q-1;. The van der Waals surface area contributed by atoms with Gasteiger partial charge in [-0.3, -0.25) is 9.97 Å². The third-order valence-electron chi connectivity index (χ3n) is 6.13. The van der Waals surface area contributed by atoms with E-state index in [-0.39, 0.29) is 26.8 Å². The Morgan fingerprint density at radius 3 is 2.08 bits per heavy atom. The minimum atomic E-state index is 0. The SMILES string of the molecule is Oc1ccccc1-c1cc(-c2ccccc2)nc(-c2[c-]c(N(c3ccccc3)c3ccccn3)ccc2)n1.[Pt]. The summed E-state index contributed by atoms with van der Waals surface area (Å²) >= 11 is 0. The number of phenolic OH excluding ortho intramolecular Hbond substituents is 1. The molecule has 2 heterocycles. The van der Waals surface area contributed by atoms with E-state index in [2.05, 4.69) is 16.0 Å². The van der Waals surface area contributed by atoms with Crippen LogP contribution in [0, 0.1) is 6.07 Å². The van der Waals surface area contributed by atoms with Crippen LogP contribution in [0.5, 0.6) is 5.75 Å². The number of hydrogen-bond donors (Lipinski definition) is 1. The Kier molecular flexibility index (Phi) is 7.90. The maximum Gasteiger partial charge on any atom is 0.136 e. The zero-order chi connectivity index (χ0) is 25.7. The number of phenols is 1. The molecule has 0 aliphatic carbocycles. The summed E-state index contributed by atoms with van der Waals surface area (Å²) in [6, 6.07) is 44.4. The van der Waals surface area contributed by atoms with Crippen LogP contribution in [-0.4, -0.2) is 20.1 Å². The maximum atomic E-state index is 10.6. The Morgan fingerprint density at radius 2 is 1.33 bits per heavy atom. The Labute approximate surface area is 241 Å². The van der Waals surface area contributed by atoms with Crippen LogP contribution in [0.4, 0.5) is 17.2 Å². The van der Waals surface area contributed by atoms with Crippen LogP contribution in [0.25, 0.3) is 33.9 Å². The quantitative estimate of drug-likeness (QED) is 0.181. The molecule has 5 nitrogen and oxygen atoms in total. The number of pyridine rings is 1. The van der Waals surface area contributed by atoms with Crippen LogP contribution >= 0.6 is 0 Å². The first-order valence-corrected chi connectivity index (χ1v) is 12.3. The van der Waals surface area contributed by atoms with Crippen molar-refractivity contribution in [2.24, 2.45) is 0 Å². The summed E-state index contributed by atoms with van der Waals surface area (Å²) in [5, 5.41) is 10.6. The number of aromatic hydroxyl groups is 1. The van der Waals surface area contributed by atoms with Crippen molar-refractivity contribution in [1.29, 1.82) is 0 Å². The van der Waals surface area contributed by atoms with Crippen molar-refractivity contribution in [2.45, 2.75) is 0 Å². The molecule has 0 spiro atoms. The normalized spacial score (nSPS) is 10.5. The second-order valence-corrected chi connectivity index (χ2v) is 8.65. The first kappa shape index (κ1) is 26.0. The van der Waals surface area contributed by atoms with E-state index in [0.29, 0.717) is 17.1 Å². The van der Waals surface area contributed by atoms with E-state index in [4.69, 9.17) is 9.97 Å². The van der Waals surface area contributed by atoms with E-state index < -0.39 is 0 Å². The van der Waals surface area contributed by atoms with Gasteiger partial charge in [0, 0.05) is 38.5 Å². The number of anilines is 3. The third kappa shape index (κ3) is 5.64. The molecule has 0 bridgehead atoms. The fraction of sp³-hybridized carbons (Fsp3) is 0. The van der Waals surface area contributed by atoms with Gasteiger partial charge in [-0.1, -0.05) is 66.7 Å². The van der Waals surface area contributed by atoms with Crippen LogP contribution in [0.2, 0.25) is 0 Å². The number of rotatable bonds is 6. The second kappa shape index (κ2) is 11.8. The molecule has 0 saturated heterocycles. The van der Waals surface area contributed by atoms with E-state index in [0.717, 1.165) is 34.0 Å². The molecule has 0 atom stereocenters. The number of para-hydroxylation sites is 2. The van der Waals surface area contributed by atoms with Crippen molar-refractivity contribution >= 4 is 17.2 Å². The fourth-order valence-corrected chi connectivity index (χ4v) is 4.33. The molecule has 6 rings (SSSR count). The molecule has 0 aliphatic heterocycles. The van der Waals surface area contributed by atoms with Crippen LogP contribution in [0.15, 0.2) is 134 Å². The van der Waals surface area contributed by atoms with Gasteiger partial charge >= 0.3 is 0 Å².